The first-order valence-electron chi connectivity index (χ1n) is 5.83. The third-order valence-electron chi connectivity index (χ3n) is 2.65. The second-order valence-electron chi connectivity index (χ2n) is 4.16. The van der Waals surface area contributed by atoms with E-state index in [2.05, 4.69) is 15.6 Å². The predicted octanol–water partition coefficient (Wildman–Crippen LogP) is 4.00. The molecule has 2 amide bonds. The summed E-state index contributed by atoms with van der Waals surface area (Å²) in [6.07, 6.45) is 0. The standard InChI is InChI=1S/C14H14ClN3O/c1-9-5-3-8-13(16-9)18-14(19)17-12-7-4-6-11(15)10(12)2/h3-8H,1-2H3,(H2,16,17,18,19). The molecule has 19 heavy (non-hydrogen) atoms. The molecule has 0 atom stereocenters. The van der Waals surface area contributed by atoms with Crippen LogP contribution in [0.25, 0.3) is 0 Å². The first-order valence-corrected chi connectivity index (χ1v) is 6.21. The molecular weight excluding hydrogens is 262 g/mol. The van der Waals surface area contributed by atoms with Crippen molar-refractivity contribution >= 4 is 29.1 Å². The summed E-state index contributed by atoms with van der Waals surface area (Å²) < 4.78 is 0. The summed E-state index contributed by atoms with van der Waals surface area (Å²) in [4.78, 5) is 16.0. The van der Waals surface area contributed by atoms with Crippen LogP contribution in [0.5, 0.6) is 0 Å². The molecule has 1 aromatic carbocycles. The zero-order valence-corrected chi connectivity index (χ0v) is 11.5. The number of aromatic nitrogens is 1. The molecule has 0 aliphatic rings. The van der Waals surface area contributed by atoms with Gasteiger partial charge in [0, 0.05) is 16.4 Å². The van der Waals surface area contributed by atoms with Gasteiger partial charge in [-0.15, -0.1) is 0 Å². The van der Waals surface area contributed by atoms with E-state index in [1.165, 1.54) is 0 Å². The molecule has 5 heteroatoms. The minimum Gasteiger partial charge on any atom is -0.307 e. The van der Waals surface area contributed by atoms with Crippen LogP contribution in [0.3, 0.4) is 0 Å². The van der Waals surface area contributed by atoms with E-state index in [1.54, 1.807) is 24.3 Å². The highest BCUT2D eigenvalue weighted by atomic mass is 35.5. The molecule has 1 aromatic heterocycles. The van der Waals surface area contributed by atoms with Crippen LogP contribution in [0.1, 0.15) is 11.3 Å². The molecule has 0 bridgehead atoms. The molecule has 0 spiro atoms. The monoisotopic (exact) mass is 275 g/mol. The quantitative estimate of drug-likeness (QED) is 0.870. The highest BCUT2D eigenvalue weighted by Crippen LogP contribution is 2.22. The van der Waals surface area contributed by atoms with Crippen LogP contribution in [-0.4, -0.2) is 11.0 Å². The maximum Gasteiger partial charge on any atom is 0.324 e. The number of anilines is 2. The Labute approximate surface area is 116 Å². The van der Waals surface area contributed by atoms with Gasteiger partial charge in [-0.2, -0.15) is 0 Å². The van der Waals surface area contributed by atoms with Crippen LogP contribution in [0.4, 0.5) is 16.3 Å². The molecule has 98 valence electrons. The van der Waals surface area contributed by atoms with Gasteiger partial charge in [-0.25, -0.2) is 9.78 Å². The maximum atomic E-state index is 11.9. The normalized spacial score (nSPS) is 10.1. The van der Waals surface area contributed by atoms with Crippen LogP contribution in [0, 0.1) is 13.8 Å². The zero-order chi connectivity index (χ0) is 13.8. The Bertz CT molecular complexity index is 613. The average Bonchev–Trinajstić information content (AvgIpc) is 2.35. The zero-order valence-electron chi connectivity index (χ0n) is 10.7. The molecule has 4 nitrogen and oxygen atoms in total. The van der Waals surface area contributed by atoms with E-state index in [4.69, 9.17) is 11.6 Å². The van der Waals surface area contributed by atoms with Crippen molar-refractivity contribution in [3.63, 3.8) is 0 Å². The number of hydrogen-bond acceptors (Lipinski definition) is 2. The fourth-order valence-electron chi connectivity index (χ4n) is 1.63. The lowest BCUT2D eigenvalue weighted by atomic mass is 10.2. The average molecular weight is 276 g/mol. The molecule has 0 aliphatic heterocycles. The van der Waals surface area contributed by atoms with Crippen LogP contribution < -0.4 is 10.6 Å². The highest BCUT2D eigenvalue weighted by Gasteiger charge is 2.07. The number of urea groups is 1. The molecular formula is C14H14ClN3O. The minimum absolute atomic E-state index is 0.344. The minimum atomic E-state index is -0.344. The summed E-state index contributed by atoms with van der Waals surface area (Å²) in [7, 11) is 0. The molecule has 2 N–H and O–H groups in total. The highest BCUT2D eigenvalue weighted by molar-refractivity contribution is 6.31. The van der Waals surface area contributed by atoms with Crippen LogP contribution >= 0.6 is 11.6 Å². The van der Waals surface area contributed by atoms with E-state index in [9.17, 15) is 4.79 Å². The third-order valence-corrected chi connectivity index (χ3v) is 3.06. The first kappa shape index (κ1) is 13.4. The molecule has 2 rings (SSSR count). The van der Waals surface area contributed by atoms with Gasteiger partial charge in [0.15, 0.2) is 0 Å². The Morgan fingerprint density at radius 3 is 2.58 bits per heavy atom. The number of pyridine rings is 1. The van der Waals surface area contributed by atoms with E-state index >= 15 is 0 Å². The lowest BCUT2D eigenvalue weighted by Crippen LogP contribution is -2.20. The van der Waals surface area contributed by atoms with Gasteiger partial charge in [-0.05, 0) is 43.7 Å². The van der Waals surface area contributed by atoms with Crippen molar-refractivity contribution in [3.05, 3.63) is 52.7 Å². The molecule has 0 radical (unpaired) electrons. The summed E-state index contributed by atoms with van der Waals surface area (Å²) in [6, 6.07) is 10.5. The Balaban J connectivity index is 2.08. The van der Waals surface area contributed by atoms with Gasteiger partial charge in [0.2, 0.25) is 0 Å². The Morgan fingerprint density at radius 1 is 1.11 bits per heavy atom. The van der Waals surface area contributed by atoms with E-state index in [1.807, 2.05) is 26.0 Å². The second kappa shape index (κ2) is 5.71. The topological polar surface area (TPSA) is 54.0 Å². The summed E-state index contributed by atoms with van der Waals surface area (Å²) in [5.74, 6) is 0.511. The number of carbonyl (C=O) groups is 1. The molecule has 0 saturated carbocycles. The Hall–Kier alpha value is -2.07. The van der Waals surface area contributed by atoms with Crippen LogP contribution in [0.2, 0.25) is 5.02 Å². The number of aryl methyl sites for hydroxylation is 1. The largest absolute Gasteiger partial charge is 0.324 e. The number of carbonyl (C=O) groups excluding carboxylic acids is 1. The molecule has 0 saturated heterocycles. The maximum absolute atomic E-state index is 11.9. The lowest BCUT2D eigenvalue weighted by molar-refractivity contribution is 0.262. The Morgan fingerprint density at radius 2 is 1.84 bits per heavy atom. The number of amides is 2. The fraction of sp³-hybridized carbons (Fsp3) is 0.143. The van der Waals surface area contributed by atoms with Gasteiger partial charge in [0.25, 0.3) is 0 Å². The van der Waals surface area contributed by atoms with Crippen LogP contribution in [0.15, 0.2) is 36.4 Å². The summed E-state index contributed by atoms with van der Waals surface area (Å²) >= 11 is 5.99. The smallest absolute Gasteiger partial charge is 0.307 e. The van der Waals surface area contributed by atoms with E-state index in [0.717, 1.165) is 11.3 Å². The number of benzene rings is 1. The second-order valence-corrected chi connectivity index (χ2v) is 4.56. The number of nitrogens with zero attached hydrogens (tertiary/aromatic N) is 1. The van der Waals surface area contributed by atoms with E-state index in [0.29, 0.717) is 16.5 Å². The van der Waals surface area contributed by atoms with Gasteiger partial charge in [0.05, 0.1) is 0 Å². The lowest BCUT2D eigenvalue weighted by Gasteiger charge is -2.10. The number of nitrogens with one attached hydrogen (secondary N) is 2. The van der Waals surface area contributed by atoms with Gasteiger partial charge in [0.1, 0.15) is 5.82 Å². The summed E-state index contributed by atoms with van der Waals surface area (Å²) in [5.41, 5.74) is 2.35. The van der Waals surface area contributed by atoms with Gasteiger partial charge >= 0.3 is 6.03 Å². The van der Waals surface area contributed by atoms with Gasteiger partial charge in [-0.3, -0.25) is 5.32 Å². The molecule has 0 unspecified atom stereocenters. The fourth-order valence-corrected chi connectivity index (χ4v) is 1.80. The Kier molecular flexibility index (Phi) is 4.02. The molecule has 2 aromatic rings. The predicted molar refractivity (Wildman–Crippen MR) is 77.8 cm³/mol. The van der Waals surface area contributed by atoms with Crippen LogP contribution in [-0.2, 0) is 0 Å². The van der Waals surface area contributed by atoms with Crippen molar-refractivity contribution in [1.29, 1.82) is 0 Å². The third kappa shape index (κ3) is 3.45. The van der Waals surface area contributed by atoms with Crippen molar-refractivity contribution in [3.8, 4) is 0 Å². The van der Waals surface area contributed by atoms with Crippen molar-refractivity contribution in [2.45, 2.75) is 13.8 Å². The summed E-state index contributed by atoms with van der Waals surface area (Å²) in [6.45, 7) is 3.72. The molecule has 0 fully saturated rings. The van der Waals surface area contributed by atoms with Crippen molar-refractivity contribution < 1.29 is 4.79 Å². The number of halogens is 1. The first-order chi connectivity index (χ1) is 9.06. The molecule has 1 heterocycles. The van der Waals surface area contributed by atoms with E-state index < -0.39 is 0 Å². The van der Waals surface area contributed by atoms with Gasteiger partial charge < -0.3 is 5.32 Å². The van der Waals surface area contributed by atoms with E-state index in [-0.39, 0.29) is 6.03 Å². The van der Waals surface area contributed by atoms with Gasteiger partial charge in [-0.1, -0.05) is 23.7 Å². The van der Waals surface area contributed by atoms with Crippen molar-refractivity contribution in [2.24, 2.45) is 0 Å². The number of rotatable bonds is 2. The summed E-state index contributed by atoms with van der Waals surface area (Å²) in [5, 5.41) is 6.04. The SMILES string of the molecule is Cc1cccc(NC(=O)Nc2cccc(Cl)c2C)n1. The molecule has 0 aliphatic carbocycles. The van der Waals surface area contributed by atoms with Crippen molar-refractivity contribution in [2.75, 3.05) is 10.6 Å². The number of hydrogen-bond donors (Lipinski definition) is 2. The van der Waals surface area contributed by atoms with Crippen molar-refractivity contribution in [1.82, 2.24) is 4.98 Å².